The molecule has 0 unspecified atom stereocenters. The zero-order chi connectivity index (χ0) is 21.3. The van der Waals surface area contributed by atoms with E-state index in [1.807, 2.05) is 56.3 Å². The van der Waals surface area contributed by atoms with Gasteiger partial charge in [0.05, 0.1) is 0 Å². The van der Waals surface area contributed by atoms with E-state index in [9.17, 15) is 9.59 Å². The van der Waals surface area contributed by atoms with Crippen LogP contribution in [0, 0.1) is 13.8 Å². The molecule has 1 heterocycles. The molecule has 0 aliphatic rings. The van der Waals surface area contributed by atoms with Crippen molar-refractivity contribution in [3.63, 3.8) is 0 Å². The topological polar surface area (TPSA) is 71.3 Å². The first-order valence-corrected chi connectivity index (χ1v) is 10.2. The third kappa shape index (κ3) is 4.00. The molecule has 0 aliphatic carbocycles. The van der Waals surface area contributed by atoms with E-state index >= 15 is 0 Å². The fourth-order valence-electron chi connectivity index (χ4n) is 3.15. The number of anilines is 2. The van der Waals surface area contributed by atoms with Crippen molar-refractivity contribution >= 4 is 50.1 Å². The van der Waals surface area contributed by atoms with Crippen molar-refractivity contribution < 1.29 is 14.0 Å². The van der Waals surface area contributed by atoms with Gasteiger partial charge in [-0.15, -0.1) is 0 Å². The Labute approximate surface area is 182 Å². The highest BCUT2D eigenvalue weighted by Crippen LogP contribution is 2.32. The van der Waals surface area contributed by atoms with Crippen molar-refractivity contribution in [3.05, 3.63) is 93.7 Å². The molecule has 2 N–H and O–H groups in total. The Balaban J connectivity index is 1.70. The fraction of sp³-hybridized carbons (Fsp3) is 0.0833. The molecule has 6 heteroatoms. The Morgan fingerprint density at radius 2 is 1.63 bits per heavy atom. The maximum atomic E-state index is 13.0. The molecule has 2 amide bonds. The van der Waals surface area contributed by atoms with Crippen LogP contribution in [0.25, 0.3) is 11.0 Å². The molecule has 0 fully saturated rings. The van der Waals surface area contributed by atoms with Gasteiger partial charge in [0.25, 0.3) is 11.8 Å². The van der Waals surface area contributed by atoms with E-state index in [1.54, 1.807) is 24.3 Å². The Kier molecular flexibility index (Phi) is 5.42. The number of rotatable bonds is 4. The number of fused-ring (bicyclic) bond motifs is 1. The van der Waals surface area contributed by atoms with Crippen LogP contribution in [0.2, 0.25) is 0 Å². The lowest BCUT2D eigenvalue weighted by Crippen LogP contribution is -2.17. The Morgan fingerprint density at radius 1 is 0.833 bits per heavy atom. The second kappa shape index (κ2) is 8.16. The van der Waals surface area contributed by atoms with Gasteiger partial charge < -0.3 is 15.1 Å². The predicted octanol–water partition coefficient (Wildman–Crippen LogP) is 6.32. The summed E-state index contributed by atoms with van der Waals surface area (Å²) >= 11 is 3.37. The van der Waals surface area contributed by atoms with E-state index in [0.29, 0.717) is 27.9 Å². The molecule has 5 nitrogen and oxygen atoms in total. The summed E-state index contributed by atoms with van der Waals surface area (Å²) < 4.78 is 6.60. The van der Waals surface area contributed by atoms with E-state index in [4.69, 9.17) is 4.42 Å². The van der Waals surface area contributed by atoms with Gasteiger partial charge in [0.1, 0.15) is 11.3 Å². The number of amides is 2. The van der Waals surface area contributed by atoms with Gasteiger partial charge in [0, 0.05) is 21.1 Å². The summed E-state index contributed by atoms with van der Waals surface area (Å²) in [6, 6.07) is 19.9. The van der Waals surface area contributed by atoms with Crippen LogP contribution in [-0.2, 0) is 0 Å². The number of hydrogen-bond acceptors (Lipinski definition) is 3. The molecular formula is C24H19BrN2O3. The zero-order valence-electron chi connectivity index (χ0n) is 16.5. The highest BCUT2D eigenvalue weighted by Gasteiger charge is 2.23. The van der Waals surface area contributed by atoms with Crippen LogP contribution in [0.3, 0.4) is 0 Å². The summed E-state index contributed by atoms with van der Waals surface area (Å²) in [7, 11) is 0. The van der Waals surface area contributed by atoms with Crippen molar-refractivity contribution in [2.24, 2.45) is 0 Å². The van der Waals surface area contributed by atoms with Gasteiger partial charge >= 0.3 is 0 Å². The first-order chi connectivity index (χ1) is 14.4. The van der Waals surface area contributed by atoms with Crippen LogP contribution < -0.4 is 10.6 Å². The molecule has 0 saturated carbocycles. The molecule has 0 saturated heterocycles. The number of carbonyl (C=O) groups excluding carboxylic acids is 2. The zero-order valence-corrected chi connectivity index (χ0v) is 18.0. The van der Waals surface area contributed by atoms with Crippen molar-refractivity contribution in [2.45, 2.75) is 13.8 Å². The maximum absolute atomic E-state index is 13.0. The molecular weight excluding hydrogens is 444 g/mol. The average molecular weight is 463 g/mol. The number of nitrogens with one attached hydrogen (secondary N) is 2. The number of aryl methyl sites for hydroxylation is 2. The minimum atomic E-state index is -0.431. The van der Waals surface area contributed by atoms with Gasteiger partial charge in [-0.05, 0) is 67.4 Å². The van der Waals surface area contributed by atoms with Gasteiger partial charge in [-0.25, -0.2) is 0 Å². The molecule has 4 rings (SSSR count). The quantitative estimate of drug-likeness (QED) is 0.372. The van der Waals surface area contributed by atoms with E-state index in [-0.39, 0.29) is 11.7 Å². The van der Waals surface area contributed by atoms with Crippen molar-refractivity contribution in [1.82, 2.24) is 0 Å². The average Bonchev–Trinajstić information content (AvgIpc) is 3.09. The molecule has 3 aromatic carbocycles. The maximum Gasteiger partial charge on any atom is 0.293 e. The molecule has 0 spiro atoms. The van der Waals surface area contributed by atoms with Crippen LogP contribution >= 0.6 is 15.9 Å². The van der Waals surface area contributed by atoms with E-state index in [2.05, 4.69) is 26.6 Å². The Bertz CT molecular complexity index is 1280. The minimum Gasteiger partial charge on any atom is -0.449 e. The molecule has 0 radical (unpaired) electrons. The van der Waals surface area contributed by atoms with E-state index in [0.717, 1.165) is 15.6 Å². The summed E-state index contributed by atoms with van der Waals surface area (Å²) in [6.07, 6.45) is 0. The van der Waals surface area contributed by atoms with Crippen LogP contribution in [0.15, 0.2) is 75.6 Å². The van der Waals surface area contributed by atoms with Crippen LogP contribution in [0.4, 0.5) is 11.4 Å². The Hall–Kier alpha value is -3.38. The Morgan fingerprint density at radius 3 is 2.40 bits per heavy atom. The normalized spacial score (nSPS) is 10.8. The largest absolute Gasteiger partial charge is 0.449 e. The van der Waals surface area contributed by atoms with Crippen molar-refractivity contribution in [3.8, 4) is 0 Å². The van der Waals surface area contributed by atoms with Crippen molar-refractivity contribution in [1.29, 1.82) is 0 Å². The summed E-state index contributed by atoms with van der Waals surface area (Å²) in [6.45, 7) is 3.99. The molecule has 0 bridgehead atoms. The summed E-state index contributed by atoms with van der Waals surface area (Å²) in [5.74, 6) is -0.708. The number of hydrogen-bond donors (Lipinski definition) is 2. The van der Waals surface area contributed by atoms with Crippen LogP contribution in [0.5, 0.6) is 0 Å². The minimum absolute atomic E-state index is 0.0535. The first kappa shape index (κ1) is 19.9. The standard InChI is InChI=1S/C24H19BrN2O3/c1-14-10-11-18(12-15(14)2)26-24(29)22-21(19-8-3-4-9-20(19)30-22)27-23(28)16-6-5-7-17(25)13-16/h3-13H,1-2H3,(H,26,29)(H,27,28). The van der Waals surface area contributed by atoms with E-state index in [1.165, 1.54) is 0 Å². The molecule has 30 heavy (non-hydrogen) atoms. The number of furan rings is 1. The third-order valence-corrected chi connectivity index (χ3v) is 5.39. The highest BCUT2D eigenvalue weighted by atomic mass is 79.9. The summed E-state index contributed by atoms with van der Waals surface area (Å²) in [5.41, 5.74) is 4.20. The molecule has 1 aromatic heterocycles. The number of benzene rings is 3. The predicted molar refractivity (Wildman–Crippen MR) is 122 cm³/mol. The van der Waals surface area contributed by atoms with Gasteiger partial charge in [0.15, 0.2) is 0 Å². The molecule has 4 aromatic rings. The lowest BCUT2D eigenvalue weighted by molar-refractivity contribution is 0.0999. The second-order valence-electron chi connectivity index (χ2n) is 7.02. The van der Waals surface area contributed by atoms with Gasteiger partial charge in [0.2, 0.25) is 5.76 Å². The molecule has 0 atom stereocenters. The molecule has 0 aliphatic heterocycles. The SMILES string of the molecule is Cc1ccc(NC(=O)c2oc3ccccc3c2NC(=O)c2cccc(Br)c2)cc1C. The van der Waals surface area contributed by atoms with Gasteiger partial charge in [-0.2, -0.15) is 0 Å². The fourth-order valence-corrected chi connectivity index (χ4v) is 3.55. The lowest BCUT2D eigenvalue weighted by Gasteiger charge is -2.09. The number of para-hydroxylation sites is 1. The molecule has 150 valence electrons. The smallest absolute Gasteiger partial charge is 0.293 e. The second-order valence-corrected chi connectivity index (χ2v) is 7.94. The van der Waals surface area contributed by atoms with Gasteiger partial charge in [-0.1, -0.05) is 40.2 Å². The third-order valence-electron chi connectivity index (χ3n) is 4.89. The van der Waals surface area contributed by atoms with Gasteiger partial charge in [-0.3, -0.25) is 9.59 Å². The van der Waals surface area contributed by atoms with Crippen LogP contribution in [-0.4, -0.2) is 11.8 Å². The highest BCUT2D eigenvalue weighted by molar-refractivity contribution is 9.10. The lowest BCUT2D eigenvalue weighted by atomic mass is 10.1. The van der Waals surface area contributed by atoms with E-state index < -0.39 is 5.91 Å². The number of carbonyl (C=O) groups is 2. The van der Waals surface area contributed by atoms with Crippen molar-refractivity contribution in [2.75, 3.05) is 10.6 Å². The number of halogens is 1. The first-order valence-electron chi connectivity index (χ1n) is 9.39. The summed E-state index contributed by atoms with van der Waals surface area (Å²) in [4.78, 5) is 25.8. The van der Waals surface area contributed by atoms with Crippen LogP contribution in [0.1, 0.15) is 32.0 Å². The summed E-state index contributed by atoms with van der Waals surface area (Å²) in [5, 5.41) is 6.37. The monoisotopic (exact) mass is 462 g/mol.